The Morgan fingerprint density at radius 3 is 2.67 bits per heavy atom. The summed E-state index contributed by atoms with van der Waals surface area (Å²) in [7, 11) is 1.62. The van der Waals surface area contributed by atoms with E-state index < -0.39 is 24.3 Å². The third-order valence-corrected chi connectivity index (χ3v) is 3.90. The lowest BCUT2D eigenvalue weighted by molar-refractivity contribution is -0.127. The summed E-state index contributed by atoms with van der Waals surface area (Å²) in [5, 5.41) is 15.2. The standard InChI is InChI=1S/C15H27N5O4/c1-9(2)24-7-5-6-16-14-17-12-11(20(14)8-10(3)21)13(22)18-15(23)19(12)4/h9-12,21H,5-8H2,1-4H3,(H,16,17)(H,18,22,23). The third-order valence-electron chi connectivity index (χ3n) is 3.90. The second kappa shape index (κ2) is 7.80. The lowest BCUT2D eigenvalue weighted by Crippen LogP contribution is -2.65. The van der Waals surface area contributed by atoms with Crippen LogP contribution in [-0.2, 0) is 9.53 Å². The van der Waals surface area contributed by atoms with Gasteiger partial charge in [-0.1, -0.05) is 0 Å². The van der Waals surface area contributed by atoms with Crippen molar-refractivity contribution in [1.82, 2.24) is 20.4 Å². The predicted molar refractivity (Wildman–Crippen MR) is 88.4 cm³/mol. The number of aliphatic hydroxyl groups is 1. The van der Waals surface area contributed by atoms with Crippen LogP contribution < -0.4 is 10.6 Å². The van der Waals surface area contributed by atoms with Crippen molar-refractivity contribution in [2.75, 3.05) is 26.7 Å². The Bertz CT molecular complexity index is 508. The third kappa shape index (κ3) is 4.15. The molecule has 3 N–H and O–H groups in total. The molecule has 0 saturated carbocycles. The number of amides is 3. The van der Waals surface area contributed by atoms with Crippen LogP contribution >= 0.6 is 0 Å². The van der Waals surface area contributed by atoms with Crippen LogP contribution in [0, 0.1) is 0 Å². The van der Waals surface area contributed by atoms with E-state index in [1.165, 1.54) is 4.90 Å². The zero-order valence-electron chi connectivity index (χ0n) is 14.7. The number of nitrogens with zero attached hydrogens (tertiary/aromatic N) is 3. The van der Waals surface area contributed by atoms with Gasteiger partial charge in [-0.2, -0.15) is 0 Å². The molecule has 0 aromatic rings. The first kappa shape index (κ1) is 18.5. The number of β-amino-alcohol motifs (C(OH)–C–C–N with tert-alkyl or cyclic N) is 1. The molecule has 24 heavy (non-hydrogen) atoms. The number of hydrogen-bond donors (Lipinski definition) is 3. The van der Waals surface area contributed by atoms with E-state index in [2.05, 4.69) is 15.6 Å². The van der Waals surface area contributed by atoms with Crippen LogP contribution in [0.25, 0.3) is 0 Å². The number of rotatable bonds is 7. The fourth-order valence-electron chi connectivity index (χ4n) is 2.77. The molecule has 0 spiro atoms. The van der Waals surface area contributed by atoms with Crippen LogP contribution in [0.2, 0.25) is 0 Å². The van der Waals surface area contributed by atoms with Crippen molar-refractivity contribution < 1.29 is 19.4 Å². The first-order chi connectivity index (χ1) is 11.3. The molecule has 2 heterocycles. The Hall–Kier alpha value is -1.87. The number of nitrogens with one attached hydrogen (secondary N) is 2. The van der Waals surface area contributed by atoms with Gasteiger partial charge < -0.3 is 25.0 Å². The Morgan fingerprint density at radius 1 is 1.33 bits per heavy atom. The van der Waals surface area contributed by atoms with E-state index in [9.17, 15) is 14.7 Å². The maximum atomic E-state index is 12.2. The molecule has 2 fully saturated rings. The number of hydrogen-bond acceptors (Lipinski definition) is 5. The number of aliphatic imine (C=N–C) groups is 1. The summed E-state index contributed by atoms with van der Waals surface area (Å²) in [5.41, 5.74) is 0. The first-order valence-electron chi connectivity index (χ1n) is 8.26. The van der Waals surface area contributed by atoms with E-state index in [0.29, 0.717) is 19.1 Å². The highest BCUT2D eigenvalue weighted by atomic mass is 16.5. The number of ether oxygens (including phenoxy) is 1. The second-order valence-electron chi connectivity index (χ2n) is 6.42. The fourth-order valence-corrected chi connectivity index (χ4v) is 2.77. The van der Waals surface area contributed by atoms with Crippen LogP contribution in [0.5, 0.6) is 0 Å². The molecule has 0 bridgehead atoms. The van der Waals surface area contributed by atoms with Crippen molar-refractivity contribution in [1.29, 1.82) is 0 Å². The number of fused-ring (bicyclic) bond motifs is 1. The van der Waals surface area contributed by atoms with Crippen molar-refractivity contribution in [3.63, 3.8) is 0 Å². The van der Waals surface area contributed by atoms with Gasteiger partial charge in [-0.15, -0.1) is 0 Å². The monoisotopic (exact) mass is 341 g/mol. The van der Waals surface area contributed by atoms with E-state index in [0.717, 1.165) is 6.42 Å². The van der Waals surface area contributed by atoms with E-state index in [-0.39, 0.29) is 18.6 Å². The first-order valence-corrected chi connectivity index (χ1v) is 8.26. The molecule has 3 unspecified atom stereocenters. The van der Waals surface area contributed by atoms with E-state index in [1.807, 2.05) is 13.8 Å². The molecule has 3 atom stereocenters. The minimum Gasteiger partial charge on any atom is -0.392 e. The van der Waals surface area contributed by atoms with Crippen molar-refractivity contribution in [3.05, 3.63) is 0 Å². The van der Waals surface area contributed by atoms with Gasteiger partial charge in [0.25, 0.3) is 5.91 Å². The highest BCUT2D eigenvalue weighted by molar-refractivity contribution is 6.04. The van der Waals surface area contributed by atoms with Crippen LogP contribution in [0.4, 0.5) is 4.79 Å². The number of aliphatic hydroxyl groups excluding tert-OH is 1. The van der Waals surface area contributed by atoms with Gasteiger partial charge in [0.2, 0.25) is 0 Å². The molecular formula is C15H27N5O4. The fraction of sp³-hybridized carbons (Fsp3) is 0.800. The molecule has 0 radical (unpaired) electrons. The largest absolute Gasteiger partial charge is 0.392 e. The van der Waals surface area contributed by atoms with Crippen LogP contribution in [0.3, 0.4) is 0 Å². The second-order valence-corrected chi connectivity index (χ2v) is 6.42. The van der Waals surface area contributed by atoms with Crippen molar-refractivity contribution in [2.24, 2.45) is 4.99 Å². The van der Waals surface area contributed by atoms with Crippen LogP contribution in [0.1, 0.15) is 27.2 Å². The van der Waals surface area contributed by atoms with Gasteiger partial charge in [-0.3, -0.25) is 15.1 Å². The molecule has 3 amide bonds. The molecule has 2 rings (SSSR count). The van der Waals surface area contributed by atoms with Gasteiger partial charge in [-0.25, -0.2) is 4.79 Å². The molecule has 9 heteroatoms. The normalized spacial score (nSPS) is 26.7. The molecule has 136 valence electrons. The van der Waals surface area contributed by atoms with Crippen molar-refractivity contribution >= 4 is 17.9 Å². The molecule has 9 nitrogen and oxygen atoms in total. The zero-order chi connectivity index (χ0) is 17.9. The summed E-state index contributed by atoms with van der Waals surface area (Å²) in [6.45, 7) is 7.00. The number of carbonyl (C=O) groups is 2. The highest BCUT2D eigenvalue weighted by Crippen LogP contribution is 2.20. The lowest BCUT2D eigenvalue weighted by atomic mass is 10.1. The average Bonchev–Trinajstić information content (AvgIpc) is 2.83. The number of imide groups is 1. The molecule has 0 aromatic carbocycles. The smallest absolute Gasteiger partial charge is 0.325 e. The zero-order valence-corrected chi connectivity index (χ0v) is 14.7. The Balaban J connectivity index is 2.08. The van der Waals surface area contributed by atoms with Gasteiger partial charge in [0.1, 0.15) is 6.17 Å². The summed E-state index contributed by atoms with van der Waals surface area (Å²) in [6.07, 6.45) is -0.186. The minimum absolute atomic E-state index is 0.181. The van der Waals surface area contributed by atoms with Gasteiger partial charge in [0.05, 0.1) is 12.2 Å². The summed E-state index contributed by atoms with van der Waals surface area (Å²) >= 11 is 0. The number of carbonyl (C=O) groups excluding carboxylic acids is 2. The summed E-state index contributed by atoms with van der Waals surface area (Å²) in [4.78, 5) is 31.6. The minimum atomic E-state index is -0.629. The number of guanidine groups is 1. The molecule has 0 aliphatic carbocycles. The number of urea groups is 1. The van der Waals surface area contributed by atoms with Gasteiger partial charge >= 0.3 is 6.03 Å². The Morgan fingerprint density at radius 2 is 2.04 bits per heavy atom. The molecule has 2 aliphatic rings. The SMILES string of the molecule is CC(O)CN1C(=NCCCOC(C)C)NC2C1C(=O)NC(=O)N2C. The number of likely N-dealkylation sites (N-methyl/N-ethyl adjacent to an activating group) is 1. The maximum Gasteiger partial charge on any atom is 0.325 e. The summed E-state index contributed by atoms with van der Waals surface area (Å²) in [6, 6.07) is -1.05. The predicted octanol–water partition coefficient (Wildman–Crippen LogP) is -0.680. The molecule has 2 aliphatic heterocycles. The van der Waals surface area contributed by atoms with Crippen molar-refractivity contribution in [2.45, 2.75) is 51.6 Å². The van der Waals surface area contributed by atoms with E-state index in [4.69, 9.17) is 4.74 Å². The van der Waals surface area contributed by atoms with E-state index >= 15 is 0 Å². The average molecular weight is 341 g/mol. The van der Waals surface area contributed by atoms with Gasteiger partial charge in [0.15, 0.2) is 12.0 Å². The van der Waals surface area contributed by atoms with E-state index in [1.54, 1.807) is 18.9 Å². The quantitative estimate of drug-likeness (QED) is 0.530. The summed E-state index contributed by atoms with van der Waals surface area (Å²) in [5.74, 6) is 0.136. The van der Waals surface area contributed by atoms with Gasteiger partial charge in [-0.05, 0) is 27.2 Å². The van der Waals surface area contributed by atoms with Gasteiger partial charge in [0, 0.05) is 26.7 Å². The molecule has 0 aromatic heterocycles. The highest BCUT2D eigenvalue weighted by Gasteiger charge is 2.49. The Kier molecular flexibility index (Phi) is 6.00. The van der Waals surface area contributed by atoms with Crippen LogP contribution in [-0.4, -0.2) is 84.0 Å². The molecule has 2 saturated heterocycles. The lowest BCUT2D eigenvalue weighted by Gasteiger charge is -2.35. The van der Waals surface area contributed by atoms with Crippen LogP contribution in [0.15, 0.2) is 4.99 Å². The summed E-state index contributed by atoms with van der Waals surface area (Å²) < 4.78 is 5.48. The maximum absolute atomic E-state index is 12.2. The topological polar surface area (TPSA) is 106 Å². The Labute approximate surface area is 142 Å². The van der Waals surface area contributed by atoms with Crippen molar-refractivity contribution in [3.8, 4) is 0 Å². The molecular weight excluding hydrogens is 314 g/mol.